The summed E-state index contributed by atoms with van der Waals surface area (Å²) in [6, 6.07) is 3.18. The molecular formula is C12H19FN2O. The van der Waals surface area contributed by atoms with Gasteiger partial charge in [0.15, 0.2) is 0 Å². The van der Waals surface area contributed by atoms with Crippen LogP contribution in [0.4, 0.5) is 10.1 Å². The van der Waals surface area contributed by atoms with Gasteiger partial charge >= 0.3 is 0 Å². The normalized spacial score (nSPS) is 13.6. The Morgan fingerprint density at radius 3 is 2.69 bits per heavy atom. The van der Waals surface area contributed by atoms with E-state index in [-0.39, 0.29) is 18.1 Å². The molecule has 1 atom stereocenters. The molecule has 0 aliphatic heterocycles. The maximum absolute atomic E-state index is 12.9. The monoisotopic (exact) mass is 226 g/mol. The average Bonchev–Trinajstić information content (AvgIpc) is 2.16. The van der Waals surface area contributed by atoms with Gasteiger partial charge in [-0.1, -0.05) is 20.8 Å². The molecular weight excluding hydrogens is 207 g/mol. The maximum Gasteiger partial charge on any atom is 0.214 e. The van der Waals surface area contributed by atoms with E-state index in [0.29, 0.717) is 12.1 Å². The Labute approximate surface area is 95.7 Å². The summed E-state index contributed by atoms with van der Waals surface area (Å²) in [6.07, 6.45) is 2.06. The first-order valence-corrected chi connectivity index (χ1v) is 5.42. The van der Waals surface area contributed by atoms with Gasteiger partial charge in [-0.25, -0.2) is 4.98 Å². The number of hydrogen-bond donors (Lipinski definition) is 2. The number of anilines is 1. The van der Waals surface area contributed by atoms with Crippen molar-refractivity contribution in [2.24, 2.45) is 5.41 Å². The molecule has 0 aliphatic rings. The number of nitrogens with zero attached hydrogens (tertiary/aromatic N) is 1. The van der Waals surface area contributed by atoms with E-state index >= 15 is 0 Å². The summed E-state index contributed by atoms with van der Waals surface area (Å²) in [5.41, 5.74) is 0.698. The van der Waals surface area contributed by atoms with Crippen LogP contribution in [0.15, 0.2) is 18.3 Å². The molecule has 0 radical (unpaired) electrons. The number of aromatic nitrogens is 1. The maximum atomic E-state index is 12.9. The van der Waals surface area contributed by atoms with Gasteiger partial charge in [0.1, 0.15) is 0 Å². The average molecular weight is 226 g/mol. The molecule has 90 valence electrons. The second kappa shape index (κ2) is 5.25. The Bertz CT molecular complexity index is 336. The fourth-order valence-corrected chi connectivity index (χ4v) is 1.54. The number of aliphatic hydroxyl groups excluding tert-OH is 1. The van der Waals surface area contributed by atoms with Crippen LogP contribution in [0.25, 0.3) is 0 Å². The smallest absolute Gasteiger partial charge is 0.214 e. The minimum absolute atomic E-state index is 0.00246. The fraction of sp³-hybridized carbons (Fsp3) is 0.583. The predicted molar refractivity (Wildman–Crippen MR) is 62.8 cm³/mol. The van der Waals surface area contributed by atoms with E-state index in [2.05, 4.69) is 31.1 Å². The second-order valence-corrected chi connectivity index (χ2v) is 4.94. The van der Waals surface area contributed by atoms with Gasteiger partial charge in [-0.2, -0.15) is 4.39 Å². The van der Waals surface area contributed by atoms with Gasteiger partial charge in [0.25, 0.3) is 0 Å². The van der Waals surface area contributed by atoms with Gasteiger partial charge in [0.05, 0.1) is 0 Å². The van der Waals surface area contributed by atoms with Crippen LogP contribution < -0.4 is 5.32 Å². The van der Waals surface area contributed by atoms with E-state index in [9.17, 15) is 4.39 Å². The van der Waals surface area contributed by atoms with Crippen molar-refractivity contribution in [3.05, 3.63) is 24.3 Å². The van der Waals surface area contributed by atoms with Gasteiger partial charge in [0.2, 0.25) is 5.95 Å². The lowest BCUT2D eigenvalue weighted by atomic mass is 9.85. The first-order valence-electron chi connectivity index (χ1n) is 5.42. The summed E-state index contributed by atoms with van der Waals surface area (Å²) in [5.74, 6) is -0.498. The molecule has 0 fully saturated rings. The van der Waals surface area contributed by atoms with Crippen molar-refractivity contribution in [1.82, 2.24) is 4.98 Å². The Hall–Kier alpha value is -1.16. The molecule has 0 aromatic carbocycles. The first kappa shape index (κ1) is 12.9. The quantitative estimate of drug-likeness (QED) is 0.775. The number of hydrogen-bond acceptors (Lipinski definition) is 3. The molecule has 2 N–H and O–H groups in total. The second-order valence-electron chi connectivity index (χ2n) is 4.94. The van der Waals surface area contributed by atoms with Crippen LogP contribution >= 0.6 is 0 Å². The highest BCUT2D eigenvalue weighted by atomic mass is 19.1. The zero-order valence-electron chi connectivity index (χ0n) is 10.00. The predicted octanol–water partition coefficient (Wildman–Crippen LogP) is 2.43. The standard InChI is InChI=1S/C12H19FN2O/c1-12(2,3)10(5-7-16)15-9-4-6-14-11(13)8-9/h4,6,8,10,16H,5,7H2,1-3H3,(H,14,15). The van der Waals surface area contributed by atoms with E-state index in [1.54, 1.807) is 6.07 Å². The molecule has 4 heteroatoms. The molecule has 0 amide bonds. The van der Waals surface area contributed by atoms with Gasteiger partial charge in [-0.15, -0.1) is 0 Å². The largest absolute Gasteiger partial charge is 0.396 e. The SMILES string of the molecule is CC(C)(C)C(CCO)Nc1ccnc(F)c1. The van der Waals surface area contributed by atoms with Crippen molar-refractivity contribution < 1.29 is 9.50 Å². The van der Waals surface area contributed by atoms with Crippen molar-refractivity contribution >= 4 is 5.69 Å². The van der Waals surface area contributed by atoms with Crippen molar-refractivity contribution in [1.29, 1.82) is 0 Å². The van der Waals surface area contributed by atoms with Crippen LogP contribution in [0.2, 0.25) is 0 Å². The van der Waals surface area contributed by atoms with E-state index in [1.807, 2.05) is 0 Å². The lowest BCUT2D eigenvalue weighted by Gasteiger charge is -2.32. The molecule has 0 bridgehead atoms. The van der Waals surface area contributed by atoms with Gasteiger partial charge < -0.3 is 10.4 Å². The summed E-state index contributed by atoms with van der Waals surface area (Å²) >= 11 is 0. The zero-order chi connectivity index (χ0) is 12.2. The number of aliphatic hydroxyl groups is 1. The number of halogens is 1. The fourth-order valence-electron chi connectivity index (χ4n) is 1.54. The van der Waals surface area contributed by atoms with E-state index in [0.717, 1.165) is 0 Å². The minimum Gasteiger partial charge on any atom is -0.396 e. The summed E-state index contributed by atoms with van der Waals surface area (Å²) in [4.78, 5) is 3.50. The molecule has 0 aliphatic carbocycles. The molecule has 0 spiro atoms. The van der Waals surface area contributed by atoms with Crippen LogP contribution in [0.1, 0.15) is 27.2 Å². The van der Waals surface area contributed by atoms with Crippen molar-refractivity contribution in [2.75, 3.05) is 11.9 Å². The van der Waals surface area contributed by atoms with Crippen LogP contribution in [-0.2, 0) is 0 Å². The molecule has 1 aromatic rings. The van der Waals surface area contributed by atoms with E-state index in [4.69, 9.17) is 5.11 Å². The highest BCUT2D eigenvalue weighted by molar-refractivity contribution is 5.42. The third kappa shape index (κ3) is 3.77. The number of pyridine rings is 1. The van der Waals surface area contributed by atoms with Crippen molar-refractivity contribution in [2.45, 2.75) is 33.2 Å². The Morgan fingerprint density at radius 2 is 2.19 bits per heavy atom. The van der Waals surface area contributed by atoms with Crippen molar-refractivity contribution in [3.8, 4) is 0 Å². The molecule has 1 aromatic heterocycles. The zero-order valence-corrected chi connectivity index (χ0v) is 10.00. The van der Waals surface area contributed by atoms with Gasteiger partial charge in [-0.05, 0) is 17.9 Å². The van der Waals surface area contributed by atoms with Crippen LogP contribution in [-0.4, -0.2) is 22.7 Å². The molecule has 16 heavy (non-hydrogen) atoms. The molecule has 0 saturated carbocycles. The van der Waals surface area contributed by atoms with E-state index < -0.39 is 5.95 Å². The Balaban J connectivity index is 2.76. The molecule has 1 unspecified atom stereocenters. The van der Waals surface area contributed by atoms with E-state index in [1.165, 1.54) is 12.3 Å². The highest BCUT2D eigenvalue weighted by Crippen LogP contribution is 2.25. The number of rotatable bonds is 4. The van der Waals surface area contributed by atoms with Gasteiger partial charge in [-0.3, -0.25) is 0 Å². The lowest BCUT2D eigenvalue weighted by Crippen LogP contribution is -2.34. The third-order valence-electron chi connectivity index (χ3n) is 2.53. The molecule has 0 saturated heterocycles. The Morgan fingerprint density at radius 1 is 1.50 bits per heavy atom. The highest BCUT2D eigenvalue weighted by Gasteiger charge is 2.23. The van der Waals surface area contributed by atoms with Crippen LogP contribution in [0.3, 0.4) is 0 Å². The minimum atomic E-state index is -0.498. The summed E-state index contributed by atoms with van der Waals surface area (Å²) in [6.45, 7) is 6.36. The number of nitrogens with one attached hydrogen (secondary N) is 1. The lowest BCUT2D eigenvalue weighted by molar-refractivity contribution is 0.235. The third-order valence-corrected chi connectivity index (χ3v) is 2.53. The molecule has 1 rings (SSSR count). The Kier molecular flexibility index (Phi) is 4.24. The molecule has 1 heterocycles. The topological polar surface area (TPSA) is 45.1 Å². The summed E-state index contributed by atoms with van der Waals surface area (Å²) in [5, 5.41) is 12.2. The summed E-state index contributed by atoms with van der Waals surface area (Å²) in [7, 11) is 0. The first-order chi connectivity index (χ1) is 7.43. The van der Waals surface area contributed by atoms with Crippen LogP contribution in [0, 0.1) is 11.4 Å². The molecule has 3 nitrogen and oxygen atoms in total. The van der Waals surface area contributed by atoms with Crippen molar-refractivity contribution in [3.63, 3.8) is 0 Å². The summed E-state index contributed by atoms with van der Waals surface area (Å²) < 4.78 is 12.9. The van der Waals surface area contributed by atoms with Gasteiger partial charge in [0, 0.05) is 30.6 Å². The van der Waals surface area contributed by atoms with Crippen LogP contribution in [0.5, 0.6) is 0 Å².